The van der Waals surface area contributed by atoms with Crippen LogP contribution < -0.4 is 5.32 Å². The molecule has 3 aliphatic rings. The fourth-order valence-electron chi connectivity index (χ4n) is 5.49. The van der Waals surface area contributed by atoms with E-state index >= 15 is 0 Å². The van der Waals surface area contributed by atoms with Crippen LogP contribution in [0.3, 0.4) is 0 Å². The van der Waals surface area contributed by atoms with Gasteiger partial charge in [-0.3, -0.25) is 4.79 Å². The van der Waals surface area contributed by atoms with E-state index in [0.717, 1.165) is 48.2 Å². The molecule has 0 unspecified atom stereocenters. The van der Waals surface area contributed by atoms with Crippen LogP contribution in [-0.4, -0.2) is 17.9 Å². The van der Waals surface area contributed by atoms with Gasteiger partial charge >= 0.3 is 5.97 Å². The summed E-state index contributed by atoms with van der Waals surface area (Å²) in [4.78, 5) is 27.0. The summed E-state index contributed by atoms with van der Waals surface area (Å²) in [5.74, 6) is -0.703. The first-order chi connectivity index (χ1) is 16.4. The minimum absolute atomic E-state index is 0.0484. The number of esters is 1. The Morgan fingerprint density at radius 3 is 2.12 bits per heavy atom. The summed E-state index contributed by atoms with van der Waals surface area (Å²) in [5, 5.41) is 4.70. The fourth-order valence-corrected chi connectivity index (χ4v) is 5.74. The van der Waals surface area contributed by atoms with Gasteiger partial charge in [-0.05, 0) is 80.3 Å². The molecule has 1 fully saturated rings. The molecule has 176 valence electrons. The minimum atomic E-state index is -0.471. The lowest BCUT2D eigenvalue weighted by molar-refractivity contribution is -0.144. The number of dihydropyridines is 1. The van der Waals surface area contributed by atoms with Crippen LogP contribution in [0.1, 0.15) is 68.4 Å². The lowest BCUT2D eigenvalue weighted by Crippen LogP contribution is -2.36. The first kappa shape index (κ1) is 23.2. The molecule has 0 amide bonds. The van der Waals surface area contributed by atoms with Gasteiger partial charge < -0.3 is 10.1 Å². The van der Waals surface area contributed by atoms with Gasteiger partial charge in [-0.25, -0.2) is 4.79 Å². The largest absolute Gasteiger partial charge is 0.459 e. The number of carbonyl (C=O) groups is 2. The predicted molar refractivity (Wildman–Crippen MR) is 134 cm³/mol. The number of hydrogen-bond donors (Lipinski definition) is 1. The van der Waals surface area contributed by atoms with E-state index in [9.17, 15) is 9.59 Å². The second-order valence-corrected chi connectivity index (χ2v) is 10.3. The third kappa shape index (κ3) is 4.54. The smallest absolute Gasteiger partial charge is 0.337 e. The summed E-state index contributed by atoms with van der Waals surface area (Å²) in [5.41, 5.74) is 4.76. The summed E-state index contributed by atoms with van der Waals surface area (Å²) in [6.45, 7) is 1.90. The zero-order valence-corrected chi connectivity index (χ0v) is 20.6. The number of ketones is 1. The minimum Gasteiger partial charge on any atom is -0.459 e. The molecule has 4 nitrogen and oxygen atoms in total. The van der Waals surface area contributed by atoms with Crippen molar-refractivity contribution in [2.24, 2.45) is 0 Å². The van der Waals surface area contributed by atoms with Crippen molar-refractivity contribution in [1.82, 2.24) is 5.32 Å². The highest BCUT2D eigenvalue weighted by molar-refractivity contribution is 6.30. The van der Waals surface area contributed by atoms with E-state index in [4.69, 9.17) is 27.9 Å². The second-order valence-electron chi connectivity index (χ2n) is 9.43. The number of carbonyl (C=O) groups excluding carboxylic acids is 2. The number of halogens is 2. The molecule has 6 heteroatoms. The van der Waals surface area contributed by atoms with Crippen molar-refractivity contribution in [2.75, 3.05) is 0 Å². The molecular weight excluding hydrogens is 469 g/mol. The van der Waals surface area contributed by atoms with E-state index in [0.29, 0.717) is 34.0 Å². The van der Waals surface area contributed by atoms with Crippen molar-refractivity contribution in [3.8, 4) is 0 Å². The van der Waals surface area contributed by atoms with Crippen molar-refractivity contribution in [1.29, 1.82) is 0 Å². The van der Waals surface area contributed by atoms with E-state index in [2.05, 4.69) is 5.32 Å². The van der Waals surface area contributed by atoms with E-state index in [1.165, 1.54) is 0 Å². The van der Waals surface area contributed by atoms with Crippen molar-refractivity contribution in [3.05, 3.63) is 92.2 Å². The Balaban J connectivity index is 1.53. The topological polar surface area (TPSA) is 55.4 Å². The van der Waals surface area contributed by atoms with E-state index in [1.54, 1.807) is 12.1 Å². The van der Waals surface area contributed by atoms with Gasteiger partial charge in [0.1, 0.15) is 6.10 Å². The maximum Gasteiger partial charge on any atom is 0.337 e. The zero-order valence-electron chi connectivity index (χ0n) is 19.1. The predicted octanol–water partition coefficient (Wildman–Crippen LogP) is 6.84. The molecule has 0 radical (unpaired) electrons. The third-order valence-electron chi connectivity index (χ3n) is 7.17. The molecule has 1 N–H and O–H groups in total. The van der Waals surface area contributed by atoms with Crippen LogP contribution in [0.25, 0.3) is 0 Å². The Hall–Kier alpha value is -2.56. The molecule has 0 aromatic heterocycles. The van der Waals surface area contributed by atoms with Crippen LogP contribution in [0.5, 0.6) is 0 Å². The zero-order chi connectivity index (χ0) is 23.8. The Labute approximate surface area is 210 Å². The molecule has 0 bridgehead atoms. The van der Waals surface area contributed by atoms with Gasteiger partial charge in [0.25, 0.3) is 0 Å². The Morgan fingerprint density at radius 2 is 1.50 bits per heavy atom. The average molecular weight is 496 g/mol. The highest BCUT2D eigenvalue weighted by Gasteiger charge is 2.42. The van der Waals surface area contributed by atoms with Crippen molar-refractivity contribution >= 4 is 35.0 Å². The van der Waals surface area contributed by atoms with E-state index < -0.39 is 5.92 Å². The maximum atomic E-state index is 13.6. The number of Topliss-reactive ketones (excluding diaryl/α,β-unsaturated/α-hetero) is 1. The number of allylic oxidation sites excluding steroid dienone is 3. The SMILES string of the molecule is CC1=C(C(=O)OC2CCCC2)[C@H](c2ccc(Cl)cc2)C2=C(C[C@@H](c3ccc(Cl)cc3)CC2=O)N1. The molecule has 5 rings (SSSR count). The molecule has 1 saturated carbocycles. The van der Waals surface area contributed by atoms with Gasteiger partial charge in [-0.15, -0.1) is 0 Å². The van der Waals surface area contributed by atoms with Gasteiger partial charge in [0.05, 0.1) is 5.57 Å². The summed E-state index contributed by atoms with van der Waals surface area (Å²) in [7, 11) is 0. The average Bonchev–Trinajstić information content (AvgIpc) is 3.32. The number of nitrogens with one attached hydrogen (secondary N) is 1. The Morgan fingerprint density at radius 1 is 0.912 bits per heavy atom. The van der Waals surface area contributed by atoms with Crippen LogP contribution in [0, 0.1) is 0 Å². The molecule has 2 aliphatic carbocycles. The molecule has 1 aliphatic heterocycles. The summed E-state index contributed by atoms with van der Waals surface area (Å²) >= 11 is 12.2. The van der Waals surface area contributed by atoms with Crippen LogP contribution in [0.15, 0.2) is 71.1 Å². The van der Waals surface area contributed by atoms with E-state index in [-0.39, 0.29) is 23.8 Å². The molecule has 34 heavy (non-hydrogen) atoms. The Kier molecular flexibility index (Phi) is 6.54. The molecular formula is C28H27Cl2NO3. The summed E-state index contributed by atoms with van der Waals surface area (Å²) in [6, 6.07) is 15.1. The molecule has 2 aromatic rings. The molecule has 2 aromatic carbocycles. The second kappa shape index (κ2) is 9.59. The summed E-state index contributed by atoms with van der Waals surface area (Å²) in [6.07, 6.45) is 4.97. The van der Waals surface area contributed by atoms with Gasteiger partial charge in [0, 0.05) is 39.4 Å². The maximum absolute atomic E-state index is 13.6. The molecule has 2 atom stereocenters. The first-order valence-electron chi connectivity index (χ1n) is 11.9. The third-order valence-corrected chi connectivity index (χ3v) is 7.67. The first-order valence-corrected chi connectivity index (χ1v) is 12.6. The van der Waals surface area contributed by atoms with Gasteiger partial charge in [-0.1, -0.05) is 47.5 Å². The molecule has 1 heterocycles. The van der Waals surface area contributed by atoms with Crippen molar-refractivity contribution in [2.45, 2.75) is 63.4 Å². The number of ether oxygens (including phenoxy) is 1. The van der Waals surface area contributed by atoms with Crippen LogP contribution in [0.2, 0.25) is 10.0 Å². The number of hydrogen-bond acceptors (Lipinski definition) is 4. The monoisotopic (exact) mass is 495 g/mol. The van der Waals surface area contributed by atoms with Crippen LogP contribution in [0.4, 0.5) is 0 Å². The lowest BCUT2D eigenvalue weighted by Gasteiger charge is -2.37. The normalized spacial score (nSPS) is 23.1. The highest BCUT2D eigenvalue weighted by Crippen LogP contribution is 2.46. The van der Waals surface area contributed by atoms with Gasteiger partial charge in [0.2, 0.25) is 0 Å². The van der Waals surface area contributed by atoms with Crippen molar-refractivity contribution in [3.63, 3.8) is 0 Å². The van der Waals surface area contributed by atoms with Gasteiger partial charge in [-0.2, -0.15) is 0 Å². The molecule has 0 saturated heterocycles. The summed E-state index contributed by atoms with van der Waals surface area (Å²) < 4.78 is 5.90. The van der Waals surface area contributed by atoms with Gasteiger partial charge in [0.15, 0.2) is 5.78 Å². The highest BCUT2D eigenvalue weighted by atomic mass is 35.5. The molecule has 0 spiro atoms. The number of rotatable bonds is 4. The quantitative estimate of drug-likeness (QED) is 0.471. The number of benzene rings is 2. The lowest BCUT2D eigenvalue weighted by atomic mass is 9.72. The van der Waals surface area contributed by atoms with Crippen LogP contribution in [-0.2, 0) is 14.3 Å². The van der Waals surface area contributed by atoms with Crippen molar-refractivity contribution < 1.29 is 14.3 Å². The van der Waals surface area contributed by atoms with E-state index in [1.807, 2.05) is 43.3 Å². The fraction of sp³-hybridized carbons (Fsp3) is 0.357. The van der Waals surface area contributed by atoms with Crippen LogP contribution >= 0.6 is 23.2 Å². The Bertz CT molecular complexity index is 1180. The standard InChI is InChI=1S/C28H27Cl2NO3/c1-16-25(28(33)34-22-4-2-3-5-22)26(18-8-12-21(30)13-9-18)27-23(31-16)14-19(15-24(27)32)17-6-10-20(29)11-7-17/h6-13,19,22,26,31H,2-5,14-15H2,1H3/t19-,26+/m1/s1.